The van der Waals surface area contributed by atoms with Gasteiger partial charge in [-0.2, -0.15) is 10.2 Å². The van der Waals surface area contributed by atoms with Gasteiger partial charge in [-0.05, 0) is 42.0 Å². The predicted molar refractivity (Wildman–Crippen MR) is 100.0 cm³/mol. The average molecular weight is 378 g/mol. The van der Waals surface area contributed by atoms with Crippen LogP contribution in [0.2, 0.25) is 0 Å². The molecule has 1 heterocycles. The Bertz CT molecular complexity index is 976. The van der Waals surface area contributed by atoms with Gasteiger partial charge in [0, 0.05) is 5.56 Å². The van der Waals surface area contributed by atoms with Crippen molar-refractivity contribution in [1.82, 2.24) is 15.2 Å². The lowest BCUT2D eigenvalue weighted by Gasteiger charge is -2.07. The van der Waals surface area contributed by atoms with Gasteiger partial charge >= 0.3 is 0 Å². The average Bonchev–Trinajstić information content (AvgIpc) is 2.73. The number of anilines is 1. The molecule has 0 aliphatic carbocycles. The number of aromatic nitrogens is 3. The molecule has 0 aliphatic rings. The molecule has 0 radical (unpaired) electrons. The number of aliphatic carboxylic acids is 1. The van der Waals surface area contributed by atoms with E-state index < -0.39 is 12.6 Å². The van der Waals surface area contributed by atoms with Gasteiger partial charge in [0.2, 0.25) is 0 Å². The number of hydrogen-bond donors (Lipinski definition) is 1. The number of benzene rings is 2. The molecular weight excluding hydrogens is 362 g/mol. The van der Waals surface area contributed by atoms with Crippen LogP contribution in [-0.2, 0) is 4.79 Å². The first-order valence-corrected chi connectivity index (χ1v) is 8.20. The van der Waals surface area contributed by atoms with Crippen molar-refractivity contribution >= 4 is 18.1 Å². The first kappa shape index (κ1) is 18.8. The van der Waals surface area contributed by atoms with Crippen molar-refractivity contribution in [2.75, 3.05) is 19.1 Å². The zero-order chi connectivity index (χ0) is 19.8. The normalized spacial score (nSPS) is 10.6. The Morgan fingerprint density at radius 2 is 2.00 bits per heavy atom. The molecule has 0 saturated heterocycles. The number of rotatable bonds is 8. The topological polar surface area (TPSA) is 122 Å². The summed E-state index contributed by atoms with van der Waals surface area (Å²) in [5.41, 5.74) is 4.88. The van der Waals surface area contributed by atoms with E-state index in [1.54, 1.807) is 37.6 Å². The molecule has 0 unspecified atom stereocenters. The molecule has 3 rings (SSSR count). The fourth-order valence-electron chi connectivity index (χ4n) is 2.29. The Hall–Kier alpha value is -4.01. The number of carboxylic acid groups (broad SMARTS) is 1. The van der Waals surface area contributed by atoms with E-state index >= 15 is 0 Å². The summed E-state index contributed by atoms with van der Waals surface area (Å²) in [7, 11) is 1.59. The van der Waals surface area contributed by atoms with E-state index in [9.17, 15) is 9.90 Å². The molecular formula is C19H16N5O4-. The van der Waals surface area contributed by atoms with Crippen LogP contribution < -0.4 is 20.0 Å². The highest BCUT2D eigenvalue weighted by molar-refractivity contribution is 5.80. The molecule has 2 aromatic carbocycles. The monoisotopic (exact) mass is 378 g/mol. The van der Waals surface area contributed by atoms with E-state index in [4.69, 9.17) is 9.47 Å². The highest BCUT2D eigenvalue weighted by Crippen LogP contribution is 2.27. The van der Waals surface area contributed by atoms with Crippen LogP contribution >= 0.6 is 0 Å². The van der Waals surface area contributed by atoms with E-state index in [-0.39, 0.29) is 5.95 Å². The Kier molecular flexibility index (Phi) is 6.09. The van der Waals surface area contributed by atoms with Gasteiger partial charge in [0.1, 0.15) is 18.1 Å². The van der Waals surface area contributed by atoms with Crippen LogP contribution in [0.25, 0.3) is 11.3 Å². The fourth-order valence-corrected chi connectivity index (χ4v) is 2.29. The maximum Gasteiger partial charge on any atom is 0.263 e. The summed E-state index contributed by atoms with van der Waals surface area (Å²) in [4.78, 5) is 14.8. The lowest BCUT2D eigenvalue weighted by Crippen LogP contribution is -2.28. The molecule has 142 valence electrons. The van der Waals surface area contributed by atoms with Crippen molar-refractivity contribution in [2.24, 2.45) is 5.10 Å². The molecule has 9 nitrogen and oxygen atoms in total. The van der Waals surface area contributed by atoms with E-state index in [0.29, 0.717) is 17.2 Å². The molecule has 0 spiro atoms. The summed E-state index contributed by atoms with van der Waals surface area (Å²) in [6, 6.07) is 14.2. The van der Waals surface area contributed by atoms with E-state index in [1.807, 2.05) is 24.3 Å². The molecule has 0 amide bonds. The molecule has 9 heteroatoms. The molecule has 28 heavy (non-hydrogen) atoms. The van der Waals surface area contributed by atoms with Gasteiger partial charge < -0.3 is 19.4 Å². The number of para-hydroxylation sites is 1. The molecule has 0 atom stereocenters. The molecule has 0 saturated carbocycles. The number of carbonyl (C=O) groups is 1. The summed E-state index contributed by atoms with van der Waals surface area (Å²) in [5.74, 6) is 0.0529. The lowest BCUT2D eigenvalue weighted by molar-refractivity contribution is -0.307. The Morgan fingerprint density at radius 1 is 1.21 bits per heavy atom. The zero-order valence-electron chi connectivity index (χ0n) is 14.9. The largest absolute Gasteiger partial charge is 0.546 e. The summed E-state index contributed by atoms with van der Waals surface area (Å²) in [6.45, 7) is -0.498. The Morgan fingerprint density at radius 3 is 2.75 bits per heavy atom. The van der Waals surface area contributed by atoms with E-state index in [2.05, 4.69) is 25.7 Å². The van der Waals surface area contributed by atoms with Gasteiger partial charge in [-0.1, -0.05) is 12.1 Å². The summed E-state index contributed by atoms with van der Waals surface area (Å²) < 4.78 is 10.3. The van der Waals surface area contributed by atoms with Crippen molar-refractivity contribution in [3.05, 3.63) is 60.3 Å². The number of nitrogens with zero attached hydrogens (tertiary/aromatic N) is 4. The van der Waals surface area contributed by atoms with Crippen molar-refractivity contribution in [1.29, 1.82) is 0 Å². The maximum absolute atomic E-state index is 10.4. The zero-order valence-corrected chi connectivity index (χ0v) is 14.9. The summed E-state index contributed by atoms with van der Waals surface area (Å²) in [5, 5.41) is 22.3. The summed E-state index contributed by atoms with van der Waals surface area (Å²) >= 11 is 0. The number of hydrogen-bond acceptors (Lipinski definition) is 9. The van der Waals surface area contributed by atoms with Crippen LogP contribution in [0.1, 0.15) is 5.56 Å². The minimum atomic E-state index is -1.28. The van der Waals surface area contributed by atoms with Crippen molar-refractivity contribution in [3.63, 3.8) is 0 Å². The Balaban J connectivity index is 1.65. The third-order valence-corrected chi connectivity index (χ3v) is 3.56. The fraction of sp³-hybridized carbons (Fsp3) is 0.105. The van der Waals surface area contributed by atoms with Crippen LogP contribution in [0.5, 0.6) is 11.5 Å². The second-order valence-corrected chi connectivity index (χ2v) is 5.47. The van der Waals surface area contributed by atoms with Gasteiger partial charge in [0.05, 0.1) is 31.2 Å². The molecule has 1 aromatic heterocycles. The van der Waals surface area contributed by atoms with Crippen LogP contribution in [0, 0.1) is 0 Å². The number of nitrogens with one attached hydrogen (secondary N) is 1. The van der Waals surface area contributed by atoms with Crippen LogP contribution in [-0.4, -0.2) is 41.1 Å². The van der Waals surface area contributed by atoms with Gasteiger partial charge in [-0.3, -0.25) is 0 Å². The quantitative estimate of drug-likeness (QED) is 0.457. The summed E-state index contributed by atoms with van der Waals surface area (Å²) in [6.07, 6.45) is 3.10. The SMILES string of the molecule is COc1ccccc1-c1cnnc(N/N=C\c2ccc(OCC(=O)[O-])cc2)n1. The van der Waals surface area contributed by atoms with Crippen LogP contribution in [0.4, 0.5) is 5.95 Å². The van der Waals surface area contributed by atoms with Crippen molar-refractivity contribution < 1.29 is 19.4 Å². The highest BCUT2D eigenvalue weighted by Gasteiger charge is 2.08. The van der Waals surface area contributed by atoms with Gasteiger partial charge in [0.15, 0.2) is 0 Å². The third-order valence-electron chi connectivity index (χ3n) is 3.56. The van der Waals surface area contributed by atoms with E-state index in [1.165, 1.54) is 6.20 Å². The number of hydrazone groups is 1. The minimum absolute atomic E-state index is 0.230. The third kappa shape index (κ3) is 5.01. The maximum atomic E-state index is 10.4. The predicted octanol–water partition coefficient (Wildman–Crippen LogP) is 1.12. The van der Waals surface area contributed by atoms with Gasteiger partial charge in [0.25, 0.3) is 5.95 Å². The Labute approximate surface area is 160 Å². The number of methoxy groups -OCH3 is 1. The first-order chi connectivity index (χ1) is 13.7. The van der Waals surface area contributed by atoms with Crippen molar-refractivity contribution in [3.8, 4) is 22.8 Å². The molecule has 3 aromatic rings. The molecule has 1 N–H and O–H groups in total. The van der Waals surface area contributed by atoms with Crippen LogP contribution in [0.3, 0.4) is 0 Å². The smallest absolute Gasteiger partial charge is 0.263 e. The van der Waals surface area contributed by atoms with Gasteiger partial charge in [-0.25, -0.2) is 10.4 Å². The molecule has 0 aliphatic heterocycles. The minimum Gasteiger partial charge on any atom is -0.546 e. The number of ether oxygens (including phenoxy) is 2. The molecule has 0 fully saturated rings. The second kappa shape index (κ2) is 9.08. The highest BCUT2D eigenvalue weighted by atomic mass is 16.5. The molecule has 0 bridgehead atoms. The van der Waals surface area contributed by atoms with Crippen LogP contribution in [0.15, 0.2) is 59.8 Å². The van der Waals surface area contributed by atoms with Gasteiger partial charge in [-0.15, -0.1) is 5.10 Å². The standard InChI is InChI=1S/C19H17N5O4/c1-27-17-5-3-2-4-15(17)16-11-21-24-19(22-16)23-20-10-13-6-8-14(9-7-13)28-12-18(25)26/h2-11H,12H2,1H3,(H,25,26)(H,22,23,24)/p-1/b20-10-. The number of carbonyl (C=O) groups excluding carboxylic acids is 1. The first-order valence-electron chi connectivity index (χ1n) is 8.20. The lowest BCUT2D eigenvalue weighted by atomic mass is 10.1. The van der Waals surface area contributed by atoms with E-state index in [0.717, 1.165) is 11.1 Å². The van der Waals surface area contributed by atoms with Crippen molar-refractivity contribution in [2.45, 2.75) is 0 Å². The number of carboxylic acids is 1. The second-order valence-electron chi connectivity index (χ2n) is 5.47.